The Kier molecular flexibility index (Phi) is 4.34. The van der Waals surface area contributed by atoms with Gasteiger partial charge >= 0.3 is 6.03 Å². The van der Waals surface area contributed by atoms with Crippen LogP contribution in [0.15, 0.2) is 84.9 Å². The zero-order chi connectivity index (χ0) is 16.1. The number of rotatable bonds is 3. The monoisotopic (exact) mass is 306 g/mol. The van der Waals surface area contributed by atoms with E-state index in [1.54, 1.807) is 17.0 Å². The molecule has 0 aliphatic rings. The van der Waals surface area contributed by atoms with Gasteiger partial charge < -0.3 is 5.32 Å². The SMILES string of the molecule is O=C(Nc1cccc(F)c1)N(c1ccccc1)c1ccccc1. The van der Waals surface area contributed by atoms with Crippen molar-refractivity contribution in [2.75, 3.05) is 10.2 Å². The van der Waals surface area contributed by atoms with E-state index in [1.165, 1.54) is 12.1 Å². The minimum atomic E-state index is -0.395. The average molecular weight is 306 g/mol. The number of carbonyl (C=O) groups is 1. The van der Waals surface area contributed by atoms with Gasteiger partial charge in [0.05, 0.1) is 11.4 Å². The molecular weight excluding hydrogens is 291 g/mol. The Bertz CT molecular complexity index is 751. The van der Waals surface area contributed by atoms with Crippen LogP contribution in [0.4, 0.5) is 26.2 Å². The Morgan fingerprint density at radius 1 is 0.783 bits per heavy atom. The summed E-state index contributed by atoms with van der Waals surface area (Å²) in [6.45, 7) is 0. The number of amides is 2. The Hall–Kier alpha value is -3.14. The van der Waals surface area contributed by atoms with E-state index in [1.807, 2.05) is 60.7 Å². The summed E-state index contributed by atoms with van der Waals surface area (Å²) in [5, 5.41) is 2.73. The molecule has 3 aromatic carbocycles. The van der Waals surface area contributed by atoms with Crippen LogP contribution < -0.4 is 10.2 Å². The van der Waals surface area contributed by atoms with Crippen molar-refractivity contribution in [1.82, 2.24) is 0 Å². The first-order valence-electron chi connectivity index (χ1n) is 7.21. The number of halogens is 1. The summed E-state index contributed by atoms with van der Waals surface area (Å²) in [6, 6.07) is 24.1. The maximum absolute atomic E-state index is 13.3. The molecule has 4 heteroatoms. The molecule has 0 radical (unpaired) electrons. The van der Waals surface area contributed by atoms with E-state index in [0.717, 1.165) is 11.4 Å². The third-order valence-electron chi connectivity index (χ3n) is 3.31. The van der Waals surface area contributed by atoms with Gasteiger partial charge in [-0.3, -0.25) is 4.90 Å². The molecule has 114 valence electrons. The number of nitrogens with zero attached hydrogens (tertiary/aromatic N) is 1. The number of para-hydroxylation sites is 2. The minimum Gasteiger partial charge on any atom is -0.307 e. The lowest BCUT2D eigenvalue weighted by Gasteiger charge is -2.23. The molecular formula is C19H15FN2O. The van der Waals surface area contributed by atoms with Crippen molar-refractivity contribution in [3.63, 3.8) is 0 Å². The fraction of sp³-hybridized carbons (Fsp3) is 0. The standard InChI is InChI=1S/C19H15FN2O/c20-15-8-7-9-16(14-15)21-19(23)22(17-10-3-1-4-11-17)18-12-5-2-6-13-18/h1-14H,(H,21,23). The van der Waals surface area contributed by atoms with Gasteiger partial charge in [-0.1, -0.05) is 42.5 Å². The molecule has 0 fully saturated rings. The molecule has 0 aromatic heterocycles. The largest absolute Gasteiger partial charge is 0.330 e. The van der Waals surface area contributed by atoms with Crippen molar-refractivity contribution in [2.45, 2.75) is 0 Å². The second-order valence-electron chi connectivity index (χ2n) is 4.95. The summed E-state index contributed by atoms with van der Waals surface area (Å²) >= 11 is 0. The zero-order valence-electron chi connectivity index (χ0n) is 12.3. The molecule has 3 aromatic rings. The Morgan fingerprint density at radius 3 is 1.87 bits per heavy atom. The van der Waals surface area contributed by atoms with Gasteiger partial charge in [-0.2, -0.15) is 0 Å². The van der Waals surface area contributed by atoms with E-state index in [2.05, 4.69) is 5.32 Å². The number of hydrogen-bond donors (Lipinski definition) is 1. The lowest BCUT2D eigenvalue weighted by atomic mass is 10.2. The van der Waals surface area contributed by atoms with Crippen molar-refractivity contribution >= 4 is 23.1 Å². The summed E-state index contributed by atoms with van der Waals surface area (Å²) < 4.78 is 13.3. The van der Waals surface area contributed by atoms with Gasteiger partial charge in [-0.05, 0) is 42.5 Å². The summed E-state index contributed by atoms with van der Waals surface area (Å²) in [4.78, 5) is 14.3. The topological polar surface area (TPSA) is 32.3 Å². The van der Waals surface area contributed by atoms with E-state index < -0.39 is 5.82 Å². The van der Waals surface area contributed by atoms with E-state index in [-0.39, 0.29) is 6.03 Å². The minimum absolute atomic E-state index is 0.354. The number of hydrogen-bond acceptors (Lipinski definition) is 1. The van der Waals surface area contributed by atoms with Crippen LogP contribution in [-0.2, 0) is 0 Å². The fourth-order valence-electron chi connectivity index (χ4n) is 2.28. The van der Waals surface area contributed by atoms with Gasteiger partial charge in [0, 0.05) is 5.69 Å². The normalized spacial score (nSPS) is 10.1. The highest BCUT2D eigenvalue weighted by Gasteiger charge is 2.17. The van der Waals surface area contributed by atoms with Crippen LogP contribution >= 0.6 is 0 Å². The molecule has 23 heavy (non-hydrogen) atoms. The van der Waals surface area contributed by atoms with Gasteiger partial charge in [-0.25, -0.2) is 9.18 Å². The molecule has 3 rings (SSSR count). The molecule has 2 amide bonds. The molecule has 0 heterocycles. The maximum Gasteiger partial charge on any atom is 0.330 e. The van der Waals surface area contributed by atoms with Crippen LogP contribution in [0.25, 0.3) is 0 Å². The van der Waals surface area contributed by atoms with Gasteiger partial charge in [-0.15, -0.1) is 0 Å². The van der Waals surface area contributed by atoms with Gasteiger partial charge in [0.25, 0.3) is 0 Å². The van der Waals surface area contributed by atoms with Crippen molar-refractivity contribution < 1.29 is 9.18 Å². The van der Waals surface area contributed by atoms with E-state index in [0.29, 0.717) is 5.69 Å². The molecule has 0 bridgehead atoms. The van der Waals surface area contributed by atoms with Crippen molar-refractivity contribution in [2.24, 2.45) is 0 Å². The summed E-state index contributed by atoms with van der Waals surface area (Å²) in [6.07, 6.45) is 0. The highest BCUT2D eigenvalue weighted by Crippen LogP contribution is 2.26. The molecule has 1 N–H and O–H groups in total. The highest BCUT2D eigenvalue weighted by molar-refractivity contribution is 6.07. The molecule has 0 atom stereocenters. The first-order valence-corrected chi connectivity index (χ1v) is 7.21. The summed E-state index contributed by atoms with van der Waals surface area (Å²) in [5.41, 5.74) is 1.87. The van der Waals surface area contributed by atoms with Crippen LogP contribution in [0.5, 0.6) is 0 Å². The average Bonchev–Trinajstić information content (AvgIpc) is 2.57. The number of nitrogens with one attached hydrogen (secondary N) is 1. The third kappa shape index (κ3) is 3.55. The number of anilines is 3. The molecule has 0 saturated carbocycles. The van der Waals surface area contributed by atoms with Gasteiger partial charge in [0.1, 0.15) is 5.82 Å². The quantitative estimate of drug-likeness (QED) is 0.709. The molecule has 3 nitrogen and oxygen atoms in total. The van der Waals surface area contributed by atoms with Crippen LogP contribution in [0, 0.1) is 5.82 Å². The second-order valence-corrected chi connectivity index (χ2v) is 4.95. The molecule has 0 aliphatic carbocycles. The maximum atomic E-state index is 13.3. The van der Waals surface area contributed by atoms with Crippen LogP contribution in [0.3, 0.4) is 0 Å². The predicted molar refractivity (Wildman–Crippen MR) is 90.4 cm³/mol. The number of carbonyl (C=O) groups excluding carboxylic acids is 1. The Labute approximate surface area is 134 Å². The van der Waals surface area contributed by atoms with Crippen molar-refractivity contribution in [3.8, 4) is 0 Å². The van der Waals surface area contributed by atoms with Crippen molar-refractivity contribution in [3.05, 3.63) is 90.7 Å². The van der Waals surface area contributed by atoms with Crippen LogP contribution in [0.1, 0.15) is 0 Å². The Balaban J connectivity index is 1.94. The number of urea groups is 1. The summed E-state index contributed by atoms with van der Waals surface area (Å²) in [7, 11) is 0. The van der Waals surface area contributed by atoms with Crippen LogP contribution in [-0.4, -0.2) is 6.03 Å². The second kappa shape index (κ2) is 6.75. The zero-order valence-corrected chi connectivity index (χ0v) is 12.3. The smallest absolute Gasteiger partial charge is 0.307 e. The lowest BCUT2D eigenvalue weighted by molar-refractivity contribution is 0.259. The molecule has 0 saturated heterocycles. The first-order chi connectivity index (χ1) is 11.2. The Morgan fingerprint density at radius 2 is 1.35 bits per heavy atom. The molecule has 0 aliphatic heterocycles. The predicted octanol–water partition coefficient (Wildman–Crippen LogP) is 5.20. The van der Waals surface area contributed by atoms with E-state index in [9.17, 15) is 9.18 Å². The summed E-state index contributed by atoms with van der Waals surface area (Å²) in [5.74, 6) is -0.395. The number of benzene rings is 3. The van der Waals surface area contributed by atoms with Gasteiger partial charge in [0.15, 0.2) is 0 Å². The fourth-order valence-corrected chi connectivity index (χ4v) is 2.28. The van der Waals surface area contributed by atoms with E-state index in [4.69, 9.17) is 0 Å². The van der Waals surface area contributed by atoms with Crippen molar-refractivity contribution in [1.29, 1.82) is 0 Å². The third-order valence-corrected chi connectivity index (χ3v) is 3.31. The highest BCUT2D eigenvalue weighted by atomic mass is 19.1. The van der Waals surface area contributed by atoms with Gasteiger partial charge in [0.2, 0.25) is 0 Å². The first kappa shape index (κ1) is 14.8. The molecule has 0 unspecified atom stereocenters. The lowest BCUT2D eigenvalue weighted by Crippen LogP contribution is -2.30. The van der Waals surface area contributed by atoms with Crippen LogP contribution in [0.2, 0.25) is 0 Å². The molecule has 0 spiro atoms. The van der Waals surface area contributed by atoms with E-state index >= 15 is 0 Å².